The molecule has 168 valence electrons. The minimum Gasteiger partial charge on any atom is -0.493 e. The first-order chi connectivity index (χ1) is 15.8. The van der Waals surface area contributed by atoms with E-state index in [-0.39, 0.29) is 11.6 Å². The zero-order valence-electron chi connectivity index (χ0n) is 17.1. The quantitative estimate of drug-likeness (QED) is 0.152. The van der Waals surface area contributed by atoms with Crippen molar-refractivity contribution in [1.82, 2.24) is 0 Å². The maximum absolute atomic E-state index is 12.4. The molecule has 9 heteroatoms. The van der Waals surface area contributed by atoms with E-state index >= 15 is 0 Å². The number of hydrogen-bond donors (Lipinski definition) is 0. The summed E-state index contributed by atoms with van der Waals surface area (Å²) in [5.74, 6) is 0.603. The van der Waals surface area contributed by atoms with Gasteiger partial charge in [0.05, 0.1) is 12.1 Å². The minimum atomic E-state index is -0.534. The normalized spacial score (nSPS) is 14.3. The number of nitrogens with zero attached hydrogens (tertiary/aromatic N) is 1. The highest BCUT2D eigenvalue weighted by molar-refractivity contribution is 14.1. The van der Waals surface area contributed by atoms with Gasteiger partial charge in [-0.15, -0.1) is 0 Å². The van der Waals surface area contributed by atoms with Gasteiger partial charge in [-0.05, 0) is 121 Å². The second-order valence-electron chi connectivity index (χ2n) is 6.91. The van der Waals surface area contributed by atoms with Crippen molar-refractivity contribution in [3.05, 3.63) is 93.6 Å². The Balaban J connectivity index is 1.59. The molecule has 1 heterocycles. The van der Waals surface area contributed by atoms with Crippen LogP contribution in [0.3, 0.4) is 0 Å². The van der Waals surface area contributed by atoms with Crippen LogP contribution in [0.1, 0.15) is 16.7 Å². The molecule has 1 aliphatic rings. The van der Waals surface area contributed by atoms with Crippen molar-refractivity contribution >= 4 is 90.7 Å². The van der Waals surface area contributed by atoms with E-state index in [1.165, 1.54) is 7.11 Å². The van der Waals surface area contributed by atoms with Crippen LogP contribution in [-0.4, -0.2) is 19.0 Å². The molecule has 0 amide bonds. The molecule has 0 saturated carbocycles. The first kappa shape index (κ1) is 24.5. The molecular formula is C24H15BrClI2NO4. The summed E-state index contributed by atoms with van der Waals surface area (Å²) in [5.41, 5.74) is 2.52. The Kier molecular flexibility index (Phi) is 7.98. The fourth-order valence-corrected chi connectivity index (χ4v) is 4.37. The molecule has 0 N–H and O–H groups in total. The van der Waals surface area contributed by atoms with Crippen molar-refractivity contribution in [2.75, 3.05) is 7.11 Å². The second kappa shape index (κ2) is 10.7. The van der Waals surface area contributed by atoms with Gasteiger partial charge in [0.1, 0.15) is 6.61 Å². The SMILES string of the molecule is COc1cc(/C=C2\N=C(c3ccc(I)c(Br)c3)OC2=O)cc(Cl)c1OCc1ccc(I)cc1. The van der Waals surface area contributed by atoms with Crippen LogP contribution in [0.5, 0.6) is 11.5 Å². The van der Waals surface area contributed by atoms with Crippen molar-refractivity contribution < 1.29 is 19.0 Å². The van der Waals surface area contributed by atoms with Crippen molar-refractivity contribution in [2.24, 2.45) is 4.99 Å². The Morgan fingerprint density at radius 3 is 2.58 bits per heavy atom. The molecular weight excluding hydrogens is 735 g/mol. The summed E-state index contributed by atoms with van der Waals surface area (Å²) in [6, 6.07) is 17.1. The highest BCUT2D eigenvalue weighted by atomic mass is 127. The number of carbonyl (C=O) groups is 1. The molecule has 3 aromatic carbocycles. The molecule has 3 aromatic rings. The Bertz CT molecular complexity index is 1290. The molecule has 0 bridgehead atoms. The Hall–Kier alpha value is -1.63. The third-order valence-electron chi connectivity index (χ3n) is 4.64. The smallest absolute Gasteiger partial charge is 0.363 e. The Morgan fingerprint density at radius 1 is 1.12 bits per heavy atom. The number of hydrogen-bond acceptors (Lipinski definition) is 5. The van der Waals surface area contributed by atoms with E-state index in [9.17, 15) is 4.79 Å². The zero-order valence-corrected chi connectivity index (χ0v) is 23.7. The lowest BCUT2D eigenvalue weighted by Crippen LogP contribution is -2.05. The lowest BCUT2D eigenvalue weighted by atomic mass is 10.1. The second-order valence-corrected chi connectivity index (χ2v) is 10.6. The van der Waals surface area contributed by atoms with E-state index in [1.54, 1.807) is 18.2 Å². The average molecular weight is 751 g/mol. The van der Waals surface area contributed by atoms with Gasteiger partial charge in [-0.2, -0.15) is 0 Å². The summed E-state index contributed by atoms with van der Waals surface area (Å²) in [5, 5.41) is 0.365. The van der Waals surface area contributed by atoms with Crippen LogP contribution in [-0.2, 0) is 16.1 Å². The van der Waals surface area contributed by atoms with Gasteiger partial charge in [-0.3, -0.25) is 0 Å². The maximum Gasteiger partial charge on any atom is 0.363 e. The number of aliphatic imine (C=N–C) groups is 1. The first-order valence-electron chi connectivity index (χ1n) is 9.57. The third-order valence-corrected chi connectivity index (χ3v) is 7.98. The van der Waals surface area contributed by atoms with Gasteiger partial charge in [-0.1, -0.05) is 23.7 Å². The van der Waals surface area contributed by atoms with E-state index in [0.29, 0.717) is 34.3 Å². The van der Waals surface area contributed by atoms with Crippen LogP contribution in [0.2, 0.25) is 5.02 Å². The van der Waals surface area contributed by atoms with Crippen LogP contribution in [0.25, 0.3) is 6.08 Å². The number of halogens is 4. The highest BCUT2D eigenvalue weighted by Gasteiger charge is 2.25. The molecule has 0 radical (unpaired) electrons. The summed E-state index contributed by atoms with van der Waals surface area (Å²) < 4.78 is 19.9. The van der Waals surface area contributed by atoms with Gasteiger partial charge in [0.25, 0.3) is 0 Å². The molecule has 33 heavy (non-hydrogen) atoms. The molecule has 0 aliphatic carbocycles. The van der Waals surface area contributed by atoms with Gasteiger partial charge < -0.3 is 14.2 Å². The Morgan fingerprint density at radius 2 is 1.88 bits per heavy atom. The largest absolute Gasteiger partial charge is 0.493 e. The van der Waals surface area contributed by atoms with Crippen LogP contribution >= 0.6 is 72.7 Å². The molecule has 0 unspecified atom stereocenters. The van der Waals surface area contributed by atoms with E-state index in [0.717, 1.165) is 17.2 Å². The summed E-state index contributed by atoms with van der Waals surface area (Å²) in [6.07, 6.45) is 1.61. The summed E-state index contributed by atoms with van der Waals surface area (Å²) in [7, 11) is 1.54. The molecule has 0 saturated heterocycles. The van der Waals surface area contributed by atoms with E-state index < -0.39 is 5.97 Å². The molecule has 0 atom stereocenters. The van der Waals surface area contributed by atoms with Crippen molar-refractivity contribution in [2.45, 2.75) is 6.61 Å². The predicted octanol–water partition coefficient (Wildman–Crippen LogP) is 7.24. The third kappa shape index (κ3) is 5.90. The first-order valence-corrected chi connectivity index (χ1v) is 12.9. The van der Waals surface area contributed by atoms with E-state index in [2.05, 4.69) is 66.1 Å². The number of ether oxygens (including phenoxy) is 3. The van der Waals surface area contributed by atoms with Crippen LogP contribution in [0.4, 0.5) is 0 Å². The van der Waals surface area contributed by atoms with Gasteiger partial charge in [0.2, 0.25) is 5.90 Å². The molecule has 0 fully saturated rings. The summed E-state index contributed by atoms with van der Waals surface area (Å²) in [4.78, 5) is 16.8. The van der Waals surface area contributed by atoms with Gasteiger partial charge in [-0.25, -0.2) is 9.79 Å². The summed E-state index contributed by atoms with van der Waals surface area (Å²) >= 11 is 14.4. The number of methoxy groups -OCH3 is 1. The molecule has 4 rings (SSSR count). The van der Waals surface area contributed by atoms with Gasteiger partial charge >= 0.3 is 5.97 Å². The zero-order chi connectivity index (χ0) is 23.5. The van der Waals surface area contributed by atoms with Gasteiger partial charge in [0, 0.05) is 17.2 Å². The topological polar surface area (TPSA) is 57.1 Å². The lowest BCUT2D eigenvalue weighted by Gasteiger charge is -2.13. The van der Waals surface area contributed by atoms with Crippen molar-refractivity contribution in [1.29, 1.82) is 0 Å². The van der Waals surface area contributed by atoms with Crippen molar-refractivity contribution in [3.63, 3.8) is 0 Å². The average Bonchev–Trinajstić information content (AvgIpc) is 3.15. The van der Waals surface area contributed by atoms with Gasteiger partial charge in [0.15, 0.2) is 17.2 Å². The van der Waals surface area contributed by atoms with E-state index in [1.807, 2.05) is 42.5 Å². The number of cyclic esters (lactones) is 1. The van der Waals surface area contributed by atoms with Crippen molar-refractivity contribution in [3.8, 4) is 11.5 Å². The van der Waals surface area contributed by atoms with E-state index in [4.69, 9.17) is 25.8 Å². The fourth-order valence-electron chi connectivity index (χ4n) is 3.02. The number of rotatable bonds is 6. The van der Waals surface area contributed by atoms with Crippen LogP contribution < -0.4 is 9.47 Å². The van der Waals surface area contributed by atoms with Crippen LogP contribution in [0.15, 0.2) is 69.8 Å². The monoisotopic (exact) mass is 749 g/mol. The molecule has 5 nitrogen and oxygen atoms in total. The highest BCUT2D eigenvalue weighted by Crippen LogP contribution is 2.38. The maximum atomic E-state index is 12.4. The number of carbonyl (C=O) groups excluding carboxylic acids is 1. The summed E-state index contributed by atoms with van der Waals surface area (Å²) in [6.45, 7) is 0.346. The lowest BCUT2D eigenvalue weighted by molar-refractivity contribution is -0.129. The fraction of sp³-hybridized carbons (Fsp3) is 0.0833. The number of benzene rings is 3. The Labute approximate surface area is 231 Å². The minimum absolute atomic E-state index is 0.172. The molecule has 1 aliphatic heterocycles. The van der Waals surface area contributed by atoms with Crippen LogP contribution in [0, 0.1) is 7.14 Å². The molecule has 0 aromatic heterocycles. The standard InChI is InChI=1S/C24H15BrClI2NO4/c1-31-21-10-14(8-18(26)22(21)32-12-13-2-5-16(27)6-3-13)9-20-24(30)33-23(29-20)15-4-7-19(28)17(25)11-15/h2-11H,12H2,1H3/b20-9-. The number of esters is 1. The predicted molar refractivity (Wildman–Crippen MR) is 149 cm³/mol. The molecule has 0 spiro atoms.